The number of aromatic amines is 1. The van der Waals surface area contributed by atoms with Gasteiger partial charge in [-0.05, 0) is 49.4 Å². The number of nitrogens with one attached hydrogen (secondary N) is 1. The zero-order chi connectivity index (χ0) is 16.8. The number of aliphatic carboxylic acids is 1. The van der Waals surface area contributed by atoms with Gasteiger partial charge in [0.25, 0.3) is 5.91 Å². The van der Waals surface area contributed by atoms with Crippen molar-refractivity contribution in [3.05, 3.63) is 34.4 Å². The number of carboxylic acids is 1. The standard InChI is InChI=1S/C18H19BrN2O3/c19-12-5-6-13-11(7-12)8-14(20-13)17(22)21-15-4-2-1-3-10(15)9-16(21)18(23)24/h5-8,10,15-16,20H,1-4,9H2,(H,23,24). The number of carbonyl (C=O) groups is 2. The van der Waals surface area contributed by atoms with Crippen molar-refractivity contribution >= 4 is 38.7 Å². The van der Waals surface area contributed by atoms with E-state index in [0.29, 0.717) is 18.0 Å². The summed E-state index contributed by atoms with van der Waals surface area (Å²) in [5.74, 6) is -0.761. The second-order valence-electron chi connectivity index (χ2n) is 6.83. The molecule has 0 radical (unpaired) electrons. The van der Waals surface area contributed by atoms with Gasteiger partial charge < -0.3 is 15.0 Å². The maximum absolute atomic E-state index is 13.1. The van der Waals surface area contributed by atoms with Crippen LogP contribution in [0, 0.1) is 5.92 Å². The molecule has 24 heavy (non-hydrogen) atoms. The van der Waals surface area contributed by atoms with E-state index in [9.17, 15) is 14.7 Å². The third kappa shape index (κ3) is 2.53. The molecule has 6 heteroatoms. The van der Waals surface area contributed by atoms with Gasteiger partial charge in [0.1, 0.15) is 11.7 Å². The minimum Gasteiger partial charge on any atom is -0.480 e. The minimum absolute atomic E-state index is 0.0606. The van der Waals surface area contributed by atoms with Crippen LogP contribution in [0.2, 0.25) is 0 Å². The topological polar surface area (TPSA) is 73.4 Å². The summed E-state index contributed by atoms with van der Waals surface area (Å²) in [4.78, 5) is 29.6. The van der Waals surface area contributed by atoms with E-state index in [1.54, 1.807) is 4.90 Å². The molecule has 2 aliphatic rings. The number of likely N-dealkylation sites (tertiary alicyclic amines) is 1. The fraction of sp³-hybridized carbons (Fsp3) is 0.444. The number of benzene rings is 1. The summed E-state index contributed by atoms with van der Waals surface area (Å²) in [6, 6.07) is 6.95. The van der Waals surface area contributed by atoms with Crippen LogP contribution in [0.5, 0.6) is 0 Å². The number of carboxylic acid groups (broad SMARTS) is 1. The van der Waals surface area contributed by atoms with Gasteiger partial charge in [0.15, 0.2) is 0 Å². The average Bonchev–Trinajstić information content (AvgIpc) is 3.15. The van der Waals surface area contributed by atoms with Gasteiger partial charge in [-0.2, -0.15) is 0 Å². The lowest BCUT2D eigenvalue weighted by molar-refractivity contribution is -0.141. The first-order chi connectivity index (χ1) is 11.5. The van der Waals surface area contributed by atoms with Crippen LogP contribution in [0.4, 0.5) is 0 Å². The monoisotopic (exact) mass is 390 g/mol. The highest BCUT2D eigenvalue weighted by Gasteiger charge is 2.47. The Balaban J connectivity index is 1.70. The third-order valence-electron chi connectivity index (χ3n) is 5.42. The van der Waals surface area contributed by atoms with Crippen molar-refractivity contribution in [3.63, 3.8) is 0 Å². The molecule has 1 aromatic heterocycles. The Morgan fingerprint density at radius 2 is 2.00 bits per heavy atom. The molecule has 1 aromatic carbocycles. The average molecular weight is 391 g/mol. The molecule has 4 rings (SSSR count). The van der Waals surface area contributed by atoms with Crippen LogP contribution in [0.3, 0.4) is 0 Å². The molecule has 3 unspecified atom stereocenters. The summed E-state index contributed by atoms with van der Waals surface area (Å²) < 4.78 is 0.949. The molecule has 1 amide bonds. The van der Waals surface area contributed by atoms with Crippen LogP contribution in [0.15, 0.2) is 28.7 Å². The second-order valence-corrected chi connectivity index (χ2v) is 7.74. The smallest absolute Gasteiger partial charge is 0.326 e. The first kappa shape index (κ1) is 15.7. The molecule has 3 atom stereocenters. The Morgan fingerprint density at radius 3 is 2.79 bits per heavy atom. The molecule has 1 aliphatic heterocycles. The van der Waals surface area contributed by atoms with Crippen LogP contribution in [0.1, 0.15) is 42.6 Å². The molecule has 1 saturated heterocycles. The van der Waals surface area contributed by atoms with Gasteiger partial charge >= 0.3 is 5.97 Å². The lowest BCUT2D eigenvalue weighted by Crippen LogP contribution is -2.46. The highest BCUT2D eigenvalue weighted by Crippen LogP contribution is 2.40. The molecule has 2 fully saturated rings. The Bertz CT molecular complexity index is 816. The Hall–Kier alpha value is -1.82. The van der Waals surface area contributed by atoms with E-state index in [4.69, 9.17) is 0 Å². The zero-order valence-electron chi connectivity index (χ0n) is 13.2. The van der Waals surface area contributed by atoms with Gasteiger partial charge in [-0.3, -0.25) is 4.79 Å². The first-order valence-electron chi connectivity index (χ1n) is 8.38. The van der Waals surface area contributed by atoms with Crippen molar-refractivity contribution < 1.29 is 14.7 Å². The van der Waals surface area contributed by atoms with Crippen molar-refractivity contribution in [2.75, 3.05) is 0 Å². The van der Waals surface area contributed by atoms with Crippen molar-refractivity contribution in [2.24, 2.45) is 5.92 Å². The summed E-state index contributed by atoms with van der Waals surface area (Å²) in [6.07, 6.45) is 4.72. The molecular formula is C18H19BrN2O3. The van der Waals surface area contributed by atoms with E-state index >= 15 is 0 Å². The fourth-order valence-corrected chi connectivity index (χ4v) is 4.71. The third-order valence-corrected chi connectivity index (χ3v) is 5.91. The Kier molecular flexibility index (Phi) is 3.87. The predicted molar refractivity (Wildman–Crippen MR) is 94.0 cm³/mol. The number of fused-ring (bicyclic) bond motifs is 2. The van der Waals surface area contributed by atoms with Gasteiger partial charge in [-0.1, -0.05) is 28.8 Å². The molecule has 0 bridgehead atoms. The zero-order valence-corrected chi connectivity index (χ0v) is 14.8. The van der Waals surface area contributed by atoms with E-state index < -0.39 is 12.0 Å². The molecule has 126 valence electrons. The van der Waals surface area contributed by atoms with E-state index in [1.807, 2.05) is 24.3 Å². The number of H-pyrrole nitrogens is 1. The Labute approximate surface area is 148 Å². The first-order valence-corrected chi connectivity index (χ1v) is 9.17. The maximum Gasteiger partial charge on any atom is 0.326 e. The maximum atomic E-state index is 13.1. The molecule has 5 nitrogen and oxygen atoms in total. The number of rotatable bonds is 2. The quantitative estimate of drug-likeness (QED) is 0.818. The Morgan fingerprint density at radius 1 is 1.21 bits per heavy atom. The normalized spacial score (nSPS) is 26.5. The molecule has 0 spiro atoms. The van der Waals surface area contributed by atoms with Crippen molar-refractivity contribution in [2.45, 2.75) is 44.2 Å². The largest absolute Gasteiger partial charge is 0.480 e. The summed E-state index contributed by atoms with van der Waals surface area (Å²) in [6.45, 7) is 0. The second kappa shape index (κ2) is 5.92. The number of amides is 1. The molecule has 1 aliphatic carbocycles. The van der Waals surface area contributed by atoms with E-state index in [2.05, 4.69) is 20.9 Å². The van der Waals surface area contributed by atoms with Crippen molar-refractivity contribution in [3.8, 4) is 0 Å². The number of hydrogen-bond donors (Lipinski definition) is 2. The minimum atomic E-state index is -0.892. The lowest BCUT2D eigenvalue weighted by atomic mass is 9.84. The molecule has 2 aromatic rings. The van der Waals surface area contributed by atoms with E-state index in [-0.39, 0.29) is 11.9 Å². The van der Waals surface area contributed by atoms with Crippen LogP contribution in [0.25, 0.3) is 10.9 Å². The van der Waals surface area contributed by atoms with Gasteiger partial charge in [0.2, 0.25) is 0 Å². The summed E-state index contributed by atoms with van der Waals surface area (Å²) in [7, 11) is 0. The summed E-state index contributed by atoms with van der Waals surface area (Å²) in [5.41, 5.74) is 1.35. The van der Waals surface area contributed by atoms with E-state index in [0.717, 1.165) is 41.1 Å². The predicted octanol–water partition coefficient (Wildman–Crippen LogP) is 3.79. The number of nitrogens with zero attached hydrogens (tertiary/aromatic N) is 1. The summed E-state index contributed by atoms with van der Waals surface area (Å²) >= 11 is 3.43. The summed E-state index contributed by atoms with van der Waals surface area (Å²) in [5, 5.41) is 10.5. The van der Waals surface area contributed by atoms with Crippen molar-refractivity contribution in [1.29, 1.82) is 0 Å². The molecular weight excluding hydrogens is 372 g/mol. The fourth-order valence-electron chi connectivity index (χ4n) is 4.33. The van der Waals surface area contributed by atoms with Crippen molar-refractivity contribution in [1.82, 2.24) is 9.88 Å². The molecule has 2 N–H and O–H groups in total. The number of hydrogen-bond acceptors (Lipinski definition) is 2. The SMILES string of the molecule is O=C(O)C1CC2CCCCC2N1C(=O)c1cc2cc(Br)ccc2[nH]1. The van der Waals surface area contributed by atoms with Crippen LogP contribution < -0.4 is 0 Å². The molecule has 2 heterocycles. The highest BCUT2D eigenvalue weighted by atomic mass is 79.9. The van der Waals surface area contributed by atoms with Crippen LogP contribution >= 0.6 is 15.9 Å². The molecule has 1 saturated carbocycles. The van der Waals surface area contributed by atoms with Crippen LogP contribution in [-0.4, -0.2) is 39.0 Å². The van der Waals surface area contributed by atoms with Crippen LogP contribution in [-0.2, 0) is 4.79 Å². The van der Waals surface area contributed by atoms with Gasteiger partial charge in [0, 0.05) is 21.4 Å². The number of carbonyl (C=O) groups excluding carboxylic acids is 1. The van der Waals surface area contributed by atoms with Gasteiger partial charge in [0.05, 0.1) is 0 Å². The van der Waals surface area contributed by atoms with Gasteiger partial charge in [-0.25, -0.2) is 4.79 Å². The lowest BCUT2D eigenvalue weighted by Gasteiger charge is -2.32. The number of aromatic nitrogens is 1. The highest BCUT2D eigenvalue weighted by molar-refractivity contribution is 9.10. The van der Waals surface area contributed by atoms with E-state index in [1.165, 1.54) is 0 Å². The van der Waals surface area contributed by atoms with Gasteiger partial charge in [-0.15, -0.1) is 0 Å². The number of halogens is 1.